The molecule has 0 saturated carbocycles. The SMILES string of the molecule is C=C(CO)C[Se]C#N. The minimum atomic E-state index is -0.0141. The predicted octanol–water partition coefficient (Wildman–Crippen LogP) is 0.138. The summed E-state index contributed by atoms with van der Waals surface area (Å²) in [6.45, 7) is 3.54. The second-order valence-electron chi connectivity index (χ2n) is 1.29. The molecule has 0 aromatic heterocycles. The van der Waals surface area contributed by atoms with Crippen LogP contribution >= 0.6 is 0 Å². The molecule has 0 atom stereocenters. The van der Waals surface area contributed by atoms with Crippen molar-refractivity contribution in [2.75, 3.05) is 6.61 Å². The first-order valence-electron chi connectivity index (χ1n) is 2.09. The normalized spacial score (nSPS) is 8.00. The summed E-state index contributed by atoms with van der Waals surface area (Å²) in [5.41, 5.74) is 0.756. The van der Waals surface area contributed by atoms with Crippen LogP contribution in [0.15, 0.2) is 12.2 Å². The van der Waals surface area contributed by atoms with Gasteiger partial charge in [0, 0.05) is 0 Å². The summed E-state index contributed by atoms with van der Waals surface area (Å²) < 4.78 is 0. The molecule has 0 fully saturated rings. The van der Waals surface area contributed by atoms with Crippen molar-refractivity contribution >= 4 is 15.0 Å². The molecule has 0 unspecified atom stereocenters. The Bertz CT molecular complexity index is 116. The van der Waals surface area contributed by atoms with E-state index in [2.05, 4.69) is 6.58 Å². The first-order chi connectivity index (χ1) is 3.81. The van der Waals surface area contributed by atoms with Crippen molar-refractivity contribution in [2.24, 2.45) is 0 Å². The molecule has 0 amide bonds. The molecule has 0 heterocycles. The maximum absolute atomic E-state index is 8.36. The summed E-state index contributed by atoms with van der Waals surface area (Å²) in [5.74, 6) is 0. The Labute approximate surface area is 55.0 Å². The van der Waals surface area contributed by atoms with E-state index in [4.69, 9.17) is 10.4 Å². The van der Waals surface area contributed by atoms with E-state index in [0.29, 0.717) is 5.32 Å². The van der Waals surface area contributed by atoms with E-state index in [9.17, 15) is 0 Å². The van der Waals surface area contributed by atoms with E-state index >= 15 is 0 Å². The molecule has 0 saturated heterocycles. The van der Waals surface area contributed by atoms with Crippen molar-refractivity contribution < 1.29 is 5.11 Å². The molecule has 0 aromatic rings. The molecule has 0 rings (SSSR count). The van der Waals surface area contributed by atoms with Gasteiger partial charge in [0.25, 0.3) is 0 Å². The molecule has 2 nitrogen and oxygen atoms in total. The van der Waals surface area contributed by atoms with Crippen LogP contribution in [0.4, 0.5) is 0 Å². The van der Waals surface area contributed by atoms with Crippen molar-refractivity contribution in [3.8, 4) is 4.97 Å². The van der Waals surface area contributed by atoms with Crippen LogP contribution in [0.2, 0.25) is 5.32 Å². The molecule has 0 aliphatic rings. The van der Waals surface area contributed by atoms with Gasteiger partial charge in [-0.3, -0.25) is 0 Å². The fraction of sp³-hybridized carbons (Fsp3) is 0.400. The molecule has 0 aromatic carbocycles. The van der Waals surface area contributed by atoms with E-state index in [1.165, 1.54) is 0 Å². The Balaban J connectivity index is 3.15. The molecule has 0 bridgehead atoms. The van der Waals surface area contributed by atoms with Gasteiger partial charge >= 0.3 is 54.4 Å². The van der Waals surface area contributed by atoms with Gasteiger partial charge in [0.05, 0.1) is 0 Å². The minimum absolute atomic E-state index is 0.0141. The third-order valence-electron chi connectivity index (χ3n) is 0.564. The van der Waals surface area contributed by atoms with Crippen LogP contribution < -0.4 is 0 Å². The third-order valence-corrected chi connectivity index (χ3v) is 1.99. The molecule has 0 aliphatic heterocycles. The summed E-state index contributed by atoms with van der Waals surface area (Å²) in [6, 6.07) is 0. The van der Waals surface area contributed by atoms with E-state index < -0.39 is 0 Å². The summed E-state index contributed by atoms with van der Waals surface area (Å²) in [7, 11) is 0. The Morgan fingerprint density at radius 2 is 2.50 bits per heavy atom. The molecular weight excluding hydrogens is 169 g/mol. The van der Waals surface area contributed by atoms with Crippen molar-refractivity contribution in [2.45, 2.75) is 5.32 Å². The second-order valence-corrected chi connectivity index (χ2v) is 2.88. The Kier molecular flexibility index (Phi) is 4.68. The molecular formula is C5H7NOSe. The average molecular weight is 176 g/mol. The zero-order valence-corrected chi connectivity index (χ0v) is 6.14. The van der Waals surface area contributed by atoms with E-state index in [1.54, 1.807) is 0 Å². The number of aliphatic hydroxyl groups is 1. The van der Waals surface area contributed by atoms with Crippen LogP contribution in [-0.2, 0) is 0 Å². The zero-order chi connectivity index (χ0) is 6.41. The molecule has 44 valence electrons. The predicted molar refractivity (Wildman–Crippen MR) is 32.4 cm³/mol. The van der Waals surface area contributed by atoms with Crippen molar-refractivity contribution in [3.63, 3.8) is 0 Å². The van der Waals surface area contributed by atoms with Gasteiger partial charge < -0.3 is 0 Å². The van der Waals surface area contributed by atoms with Gasteiger partial charge in [-0.2, -0.15) is 0 Å². The molecule has 0 aliphatic carbocycles. The van der Waals surface area contributed by atoms with Crippen molar-refractivity contribution in [3.05, 3.63) is 12.2 Å². The number of nitriles is 1. The number of hydrogen-bond donors (Lipinski definition) is 1. The van der Waals surface area contributed by atoms with E-state index in [0.717, 1.165) is 5.57 Å². The Morgan fingerprint density at radius 3 is 2.88 bits per heavy atom. The first-order valence-corrected chi connectivity index (χ1v) is 4.16. The van der Waals surface area contributed by atoms with Gasteiger partial charge in [-0.15, -0.1) is 0 Å². The number of rotatable bonds is 3. The third kappa shape index (κ3) is 3.88. The summed E-state index contributed by atoms with van der Waals surface area (Å²) in [6.07, 6.45) is 0. The monoisotopic (exact) mass is 177 g/mol. The van der Waals surface area contributed by atoms with Crippen LogP contribution in [0.1, 0.15) is 0 Å². The van der Waals surface area contributed by atoms with E-state index in [-0.39, 0.29) is 21.6 Å². The van der Waals surface area contributed by atoms with Crippen LogP contribution in [0, 0.1) is 10.2 Å². The standard InChI is InChI=1S/C5H7NOSe/c1-5(2-7)3-8-4-6/h7H,1-3H2. The van der Waals surface area contributed by atoms with Crippen LogP contribution in [0.25, 0.3) is 0 Å². The van der Waals surface area contributed by atoms with Gasteiger partial charge in [0.15, 0.2) is 0 Å². The Hall–Kier alpha value is -0.291. The summed E-state index contributed by atoms with van der Waals surface area (Å²) in [4.78, 5) is 2.02. The molecule has 0 spiro atoms. The summed E-state index contributed by atoms with van der Waals surface area (Å²) in [5, 5.41) is 17.1. The zero-order valence-electron chi connectivity index (χ0n) is 4.42. The second kappa shape index (κ2) is 4.86. The summed E-state index contributed by atoms with van der Waals surface area (Å²) >= 11 is -0.0141. The Morgan fingerprint density at radius 1 is 1.88 bits per heavy atom. The molecule has 0 radical (unpaired) electrons. The molecule has 3 heteroatoms. The van der Waals surface area contributed by atoms with Gasteiger partial charge in [-0.1, -0.05) is 0 Å². The number of aliphatic hydroxyl groups excluding tert-OH is 1. The first kappa shape index (κ1) is 7.71. The number of nitrogens with zero attached hydrogens (tertiary/aromatic N) is 1. The van der Waals surface area contributed by atoms with Crippen LogP contribution in [-0.4, -0.2) is 26.7 Å². The van der Waals surface area contributed by atoms with Crippen molar-refractivity contribution in [1.29, 1.82) is 5.26 Å². The van der Waals surface area contributed by atoms with Gasteiger partial charge in [0.1, 0.15) is 0 Å². The van der Waals surface area contributed by atoms with Gasteiger partial charge in [-0.25, -0.2) is 0 Å². The van der Waals surface area contributed by atoms with Crippen molar-refractivity contribution in [1.82, 2.24) is 0 Å². The maximum atomic E-state index is 8.36. The fourth-order valence-corrected chi connectivity index (χ4v) is 0.935. The topological polar surface area (TPSA) is 44.0 Å². The van der Waals surface area contributed by atoms with Crippen LogP contribution in [0.5, 0.6) is 0 Å². The van der Waals surface area contributed by atoms with Gasteiger partial charge in [0.2, 0.25) is 0 Å². The molecule has 8 heavy (non-hydrogen) atoms. The fourth-order valence-electron chi connectivity index (χ4n) is 0.180. The number of hydrogen-bond acceptors (Lipinski definition) is 2. The average Bonchev–Trinajstić information content (AvgIpc) is 1.83. The van der Waals surface area contributed by atoms with E-state index in [1.807, 2.05) is 4.97 Å². The molecule has 1 N–H and O–H groups in total. The van der Waals surface area contributed by atoms with Gasteiger partial charge in [-0.05, 0) is 0 Å². The quantitative estimate of drug-likeness (QED) is 0.491. The van der Waals surface area contributed by atoms with Crippen LogP contribution in [0.3, 0.4) is 0 Å².